The number of nitrogens with zero attached hydrogens (tertiary/aromatic N) is 1. The number of likely N-dealkylation sites (N-methyl/N-ethyl adjacent to an activating group) is 1. The van der Waals surface area contributed by atoms with Crippen molar-refractivity contribution in [2.75, 3.05) is 19.6 Å². The predicted molar refractivity (Wildman–Crippen MR) is 94.3 cm³/mol. The maximum atomic E-state index is 13.1. The van der Waals surface area contributed by atoms with Gasteiger partial charge < -0.3 is 20.8 Å². The van der Waals surface area contributed by atoms with Crippen molar-refractivity contribution in [2.45, 2.75) is 44.4 Å². The van der Waals surface area contributed by atoms with Gasteiger partial charge in [0.05, 0.1) is 12.6 Å². The van der Waals surface area contributed by atoms with Gasteiger partial charge in [-0.05, 0) is 37.1 Å². The molecule has 1 saturated carbocycles. The van der Waals surface area contributed by atoms with Gasteiger partial charge in [0.2, 0.25) is 0 Å². The summed E-state index contributed by atoms with van der Waals surface area (Å²) in [5, 5.41) is 24.2. The molecule has 144 valence electrons. The van der Waals surface area contributed by atoms with Crippen molar-refractivity contribution in [3.05, 3.63) is 35.6 Å². The van der Waals surface area contributed by atoms with Crippen LogP contribution in [0, 0.1) is 5.82 Å². The fourth-order valence-electron chi connectivity index (χ4n) is 3.13. The highest BCUT2D eigenvalue weighted by Crippen LogP contribution is 2.25. The quantitative estimate of drug-likeness (QED) is 0.521. The molecule has 1 aliphatic rings. The standard InChI is InChI=1S/C18H26FN3O4/c1-2-22(11-17(24)25)15-8-14(9-15)21-18(26)20-10-16(23)7-12-4-3-5-13(19)6-12/h3-6,14-16,23H,2,7-11H2,1H3,(H,24,25)(H2,20,21,26). The highest BCUT2D eigenvalue weighted by molar-refractivity contribution is 5.74. The number of carbonyl (C=O) groups is 2. The zero-order valence-electron chi connectivity index (χ0n) is 14.8. The molecule has 2 rings (SSSR count). The summed E-state index contributed by atoms with van der Waals surface area (Å²) in [6.07, 6.45) is 0.869. The highest BCUT2D eigenvalue weighted by atomic mass is 19.1. The molecule has 1 aliphatic carbocycles. The summed E-state index contributed by atoms with van der Waals surface area (Å²) in [7, 11) is 0. The second-order valence-electron chi connectivity index (χ2n) is 6.62. The smallest absolute Gasteiger partial charge is 0.317 e. The molecule has 1 atom stereocenters. The number of aliphatic carboxylic acids is 1. The number of urea groups is 1. The predicted octanol–water partition coefficient (Wildman–Crippen LogP) is 0.966. The first-order valence-electron chi connectivity index (χ1n) is 8.80. The van der Waals surface area contributed by atoms with Crippen molar-refractivity contribution in [2.24, 2.45) is 0 Å². The molecule has 0 aliphatic heterocycles. The second kappa shape index (κ2) is 9.49. The topological polar surface area (TPSA) is 102 Å². The maximum absolute atomic E-state index is 13.1. The van der Waals surface area contributed by atoms with E-state index >= 15 is 0 Å². The Bertz CT molecular complexity index is 622. The number of carboxylic acid groups (broad SMARTS) is 1. The number of aliphatic hydroxyl groups is 1. The average Bonchev–Trinajstić information content (AvgIpc) is 2.54. The van der Waals surface area contributed by atoms with Crippen molar-refractivity contribution in [1.82, 2.24) is 15.5 Å². The molecule has 2 amide bonds. The minimum Gasteiger partial charge on any atom is -0.480 e. The first-order valence-corrected chi connectivity index (χ1v) is 8.80. The average molecular weight is 367 g/mol. The normalized spacial score (nSPS) is 20.3. The van der Waals surface area contributed by atoms with E-state index in [0.29, 0.717) is 24.9 Å². The molecule has 0 aromatic heterocycles. The van der Waals surface area contributed by atoms with E-state index in [2.05, 4.69) is 10.6 Å². The third-order valence-corrected chi connectivity index (χ3v) is 4.57. The molecule has 0 bridgehead atoms. The summed E-state index contributed by atoms with van der Waals surface area (Å²) in [6, 6.07) is 5.79. The largest absolute Gasteiger partial charge is 0.480 e. The van der Waals surface area contributed by atoms with Gasteiger partial charge in [-0.15, -0.1) is 0 Å². The number of benzene rings is 1. The van der Waals surface area contributed by atoms with E-state index in [1.807, 2.05) is 11.8 Å². The Balaban J connectivity index is 1.64. The van der Waals surface area contributed by atoms with Crippen LogP contribution in [0.5, 0.6) is 0 Å². The van der Waals surface area contributed by atoms with Crippen LogP contribution in [0.25, 0.3) is 0 Å². The van der Waals surface area contributed by atoms with E-state index in [1.54, 1.807) is 12.1 Å². The number of hydrogen-bond acceptors (Lipinski definition) is 4. The Labute approximate surface area is 152 Å². The minimum atomic E-state index is -0.853. The van der Waals surface area contributed by atoms with Gasteiger partial charge in [0.15, 0.2) is 0 Å². The lowest BCUT2D eigenvalue weighted by molar-refractivity contribution is -0.139. The summed E-state index contributed by atoms with van der Waals surface area (Å²) in [5.41, 5.74) is 0.666. The van der Waals surface area contributed by atoms with Gasteiger partial charge >= 0.3 is 12.0 Å². The fraction of sp³-hybridized carbons (Fsp3) is 0.556. The molecular weight excluding hydrogens is 341 g/mol. The lowest BCUT2D eigenvalue weighted by Gasteiger charge is -2.42. The molecule has 7 nitrogen and oxygen atoms in total. The van der Waals surface area contributed by atoms with Crippen LogP contribution in [0.2, 0.25) is 0 Å². The third-order valence-electron chi connectivity index (χ3n) is 4.57. The van der Waals surface area contributed by atoms with Gasteiger partial charge in [-0.2, -0.15) is 0 Å². The van der Waals surface area contributed by atoms with Crippen molar-refractivity contribution in [3.63, 3.8) is 0 Å². The summed E-state index contributed by atoms with van der Waals surface area (Å²) in [5.74, 6) is -1.21. The van der Waals surface area contributed by atoms with Gasteiger partial charge in [0, 0.05) is 25.0 Å². The summed E-state index contributed by atoms with van der Waals surface area (Å²) < 4.78 is 13.1. The Morgan fingerprint density at radius 3 is 2.73 bits per heavy atom. The lowest BCUT2D eigenvalue weighted by Crippen LogP contribution is -2.56. The number of nitrogens with one attached hydrogen (secondary N) is 2. The molecule has 26 heavy (non-hydrogen) atoms. The van der Waals surface area contributed by atoms with Gasteiger partial charge in [-0.1, -0.05) is 19.1 Å². The molecule has 0 heterocycles. The molecule has 1 aromatic carbocycles. The number of halogens is 1. The van der Waals surface area contributed by atoms with Crippen molar-refractivity contribution in [1.29, 1.82) is 0 Å². The molecular formula is C18H26FN3O4. The van der Waals surface area contributed by atoms with Crippen LogP contribution in [0.4, 0.5) is 9.18 Å². The molecule has 4 N–H and O–H groups in total. The van der Waals surface area contributed by atoms with Crippen LogP contribution in [0.15, 0.2) is 24.3 Å². The monoisotopic (exact) mass is 367 g/mol. The van der Waals surface area contributed by atoms with Crippen LogP contribution in [-0.2, 0) is 11.2 Å². The molecule has 1 aromatic rings. The number of rotatable bonds is 9. The Morgan fingerprint density at radius 2 is 2.12 bits per heavy atom. The van der Waals surface area contributed by atoms with Gasteiger partial charge in [0.25, 0.3) is 0 Å². The SMILES string of the molecule is CCN(CC(=O)O)C1CC(NC(=O)NCC(O)Cc2cccc(F)c2)C1. The number of hydrogen-bond donors (Lipinski definition) is 4. The summed E-state index contributed by atoms with van der Waals surface area (Å²) >= 11 is 0. The van der Waals surface area contributed by atoms with E-state index < -0.39 is 12.1 Å². The Kier molecular flexibility index (Phi) is 7.35. The van der Waals surface area contributed by atoms with Crippen LogP contribution in [0.1, 0.15) is 25.3 Å². The van der Waals surface area contributed by atoms with Crippen LogP contribution < -0.4 is 10.6 Å². The van der Waals surface area contributed by atoms with Crippen molar-refractivity contribution < 1.29 is 24.2 Å². The van der Waals surface area contributed by atoms with Crippen LogP contribution in [-0.4, -0.2) is 64.9 Å². The second-order valence-corrected chi connectivity index (χ2v) is 6.62. The first-order chi connectivity index (χ1) is 12.4. The van der Waals surface area contributed by atoms with Crippen molar-refractivity contribution >= 4 is 12.0 Å². The zero-order valence-corrected chi connectivity index (χ0v) is 14.8. The van der Waals surface area contributed by atoms with E-state index in [0.717, 1.165) is 0 Å². The van der Waals surface area contributed by atoms with Crippen LogP contribution in [0.3, 0.4) is 0 Å². The number of amides is 2. The van der Waals surface area contributed by atoms with E-state index in [1.165, 1.54) is 12.1 Å². The zero-order chi connectivity index (χ0) is 19.1. The molecule has 1 fully saturated rings. The number of carboxylic acids is 1. The first kappa shape index (κ1) is 20.1. The van der Waals surface area contributed by atoms with Gasteiger partial charge in [0.1, 0.15) is 5.82 Å². The van der Waals surface area contributed by atoms with Crippen LogP contribution >= 0.6 is 0 Å². The third kappa shape index (κ3) is 6.27. The van der Waals surface area contributed by atoms with Crippen molar-refractivity contribution in [3.8, 4) is 0 Å². The number of carbonyl (C=O) groups excluding carboxylic acids is 1. The molecule has 1 unspecified atom stereocenters. The van der Waals surface area contributed by atoms with E-state index in [-0.39, 0.29) is 43.4 Å². The summed E-state index contributed by atoms with van der Waals surface area (Å²) in [6.45, 7) is 2.64. The molecule has 8 heteroatoms. The van der Waals surface area contributed by atoms with E-state index in [4.69, 9.17) is 5.11 Å². The summed E-state index contributed by atoms with van der Waals surface area (Å²) in [4.78, 5) is 24.6. The lowest BCUT2D eigenvalue weighted by atomic mass is 9.85. The minimum absolute atomic E-state index is 0.00297. The molecule has 0 radical (unpaired) electrons. The maximum Gasteiger partial charge on any atom is 0.317 e. The highest BCUT2D eigenvalue weighted by Gasteiger charge is 2.34. The Hall–Kier alpha value is -2.19. The number of aliphatic hydroxyl groups excluding tert-OH is 1. The van der Waals surface area contributed by atoms with Gasteiger partial charge in [-0.25, -0.2) is 9.18 Å². The molecule has 0 spiro atoms. The fourth-order valence-corrected chi connectivity index (χ4v) is 3.13. The van der Waals surface area contributed by atoms with E-state index in [9.17, 15) is 19.1 Å². The molecule has 0 saturated heterocycles. The Morgan fingerprint density at radius 1 is 1.38 bits per heavy atom. The van der Waals surface area contributed by atoms with Gasteiger partial charge in [-0.3, -0.25) is 9.69 Å².